The summed E-state index contributed by atoms with van der Waals surface area (Å²) >= 11 is 4.95. The second-order valence-corrected chi connectivity index (χ2v) is 6.28. The molecule has 1 aromatic heterocycles. The Morgan fingerprint density at radius 2 is 2.25 bits per heavy atom. The molecule has 3 heterocycles. The number of nitrogens with zero attached hydrogens (tertiary/aromatic N) is 4. The average Bonchev–Trinajstić information content (AvgIpc) is 2.75. The topological polar surface area (TPSA) is 41.5 Å². The van der Waals surface area contributed by atoms with E-state index in [-0.39, 0.29) is 0 Å². The predicted octanol–water partition coefficient (Wildman–Crippen LogP) is 0.821. The zero-order chi connectivity index (χ0) is 11.0. The first-order valence-corrected chi connectivity index (χ1v) is 6.99. The predicted molar refractivity (Wildman–Crippen MR) is 66.0 cm³/mol. The van der Waals surface area contributed by atoms with Gasteiger partial charge in [0.15, 0.2) is 3.92 Å². The molecular weight excluding hydrogens is 292 g/mol. The molecule has 0 spiro atoms. The molecule has 0 bridgehead atoms. The van der Waals surface area contributed by atoms with Crippen molar-refractivity contribution in [3.05, 3.63) is 3.92 Å². The van der Waals surface area contributed by atoms with Crippen molar-refractivity contribution in [2.45, 2.75) is 6.04 Å². The molecule has 2 aliphatic rings. The first-order chi connectivity index (χ1) is 7.83. The highest BCUT2D eigenvalue weighted by atomic mass is 79.9. The molecule has 1 aromatic rings. The zero-order valence-corrected chi connectivity index (χ0v) is 11.2. The Bertz CT molecular complexity index is 374. The van der Waals surface area contributed by atoms with Crippen molar-refractivity contribution < 1.29 is 4.74 Å². The van der Waals surface area contributed by atoms with E-state index >= 15 is 0 Å². The SMILES string of the molecule is Brc1nnc(N2CCN3CCOC[C@H]3C2)s1. The Hall–Kier alpha value is -0.240. The molecule has 2 saturated heterocycles. The van der Waals surface area contributed by atoms with Gasteiger partial charge in [0.05, 0.1) is 19.3 Å². The Morgan fingerprint density at radius 3 is 3.06 bits per heavy atom. The van der Waals surface area contributed by atoms with Crippen LogP contribution >= 0.6 is 27.3 Å². The molecule has 0 amide bonds. The van der Waals surface area contributed by atoms with Gasteiger partial charge in [0.25, 0.3) is 0 Å². The number of halogens is 1. The third-order valence-corrected chi connectivity index (χ3v) is 4.51. The molecule has 0 N–H and O–H groups in total. The Kier molecular flexibility index (Phi) is 3.10. The number of rotatable bonds is 1. The fraction of sp³-hybridized carbons (Fsp3) is 0.778. The summed E-state index contributed by atoms with van der Waals surface area (Å²) in [5, 5.41) is 9.17. The van der Waals surface area contributed by atoms with Crippen LogP contribution in [0.15, 0.2) is 3.92 Å². The van der Waals surface area contributed by atoms with Crippen LogP contribution in [0, 0.1) is 0 Å². The first-order valence-electron chi connectivity index (χ1n) is 5.39. The van der Waals surface area contributed by atoms with Gasteiger partial charge >= 0.3 is 0 Å². The largest absolute Gasteiger partial charge is 0.378 e. The molecule has 0 aliphatic carbocycles. The lowest BCUT2D eigenvalue weighted by atomic mass is 10.1. The molecule has 0 saturated carbocycles. The van der Waals surface area contributed by atoms with E-state index in [4.69, 9.17) is 4.74 Å². The normalized spacial score (nSPS) is 26.8. The summed E-state index contributed by atoms with van der Waals surface area (Å²) in [6, 6.07) is 0.519. The van der Waals surface area contributed by atoms with Gasteiger partial charge in [-0.25, -0.2) is 0 Å². The number of hydrogen-bond donors (Lipinski definition) is 0. The molecule has 0 radical (unpaired) electrons. The van der Waals surface area contributed by atoms with Crippen LogP contribution in [0.25, 0.3) is 0 Å². The van der Waals surface area contributed by atoms with Gasteiger partial charge in [0, 0.05) is 26.2 Å². The molecule has 5 nitrogen and oxygen atoms in total. The van der Waals surface area contributed by atoms with Gasteiger partial charge in [-0.3, -0.25) is 4.90 Å². The van der Waals surface area contributed by atoms with E-state index in [0.29, 0.717) is 6.04 Å². The monoisotopic (exact) mass is 304 g/mol. The minimum atomic E-state index is 0.519. The van der Waals surface area contributed by atoms with Crippen LogP contribution in [0.2, 0.25) is 0 Å². The molecule has 2 fully saturated rings. The van der Waals surface area contributed by atoms with E-state index in [0.717, 1.165) is 48.4 Å². The highest BCUT2D eigenvalue weighted by Crippen LogP contribution is 2.26. The summed E-state index contributed by atoms with van der Waals surface area (Å²) in [5.41, 5.74) is 0. The molecule has 2 aliphatic heterocycles. The highest BCUT2D eigenvalue weighted by molar-refractivity contribution is 9.11. The summed E-state index contributed by atoms with van der Waals surface area (Å²) in [5.74, 6) is 0. The van der Waals surface area contributed by atoms with Crippen molar-refractivity contribution in [1.29, 1.82) is 0 Å². The summed E-state index contributed by atoms with van der Waals surface area (Å²) < 4.78 is 6.37. The van der Waals surface area contributed by atoms with Gasteiger partial charge in [0.1, 0.15) is 0 Å². The van der Waals surface area contributed by atoms with E-state index < -0.39 is 0 Å². The average molecular weight is 305 g/mol. The molecule has 0 aromatic carbocycles. The number of piperazine rings is 1. The van der Waals surface area contributed by atoms with Crippen LogP contribution in [0.3, 0.4) is 0 Å². The number of ether oxygens (including phenoxy) is 1. The minimum Gasteiger partial charge on any atom is -0.378 e. The van der Waals surface area contributed by atoms with Crippen molar-refractivity contribution in [3.63, 3.8) is 0 Å². The Morgan fingerprint density at radius 1 is 1.31 bits per heavy atom. The standard InChI is InChI=1S/C9H13BrN4OS/c10-8-11-12-9(16-8)14-2-1-13-3-4-15-6-7(13)5-14/h7H,1-6H2/t7-/m1/s1. The maximum absolute atomic E-state index is 5.52. The number of aromatic nitrogens is 2. The van der Waals surface area contributed by atoms with Crippen LogP contribution in [0.5, 0.6) is 0 Å². The molecule has 0 unspecified atom stereocenters. The van der Waals surface area contributed by atoms with Crippen LogP contribution in [0.1, 0.15) is 0 Å². The first kappa shape index (κ1) is 10.9. The number of hydrogen-bond acceptors (Lipinski definition) is 6. The lowest BCUT2D eigenvalue weighted by Gasteiger charge is -2.43. The molecule has 7 heteroatoms. The molecular formula is C9H13BrN4OS. The second kappa shape index (κ2) is 4.56. The fourth-order valence-electron chi connectivity index (χ4n) is 2.25. The quantitative estimate of drug-likeness (QED) is 0.768. The second-order valence-electron chi connectivity index (χ2n) is 4.05. The lowest BCUT2D eigenvalue weighted by Crippen LogP contribution is -2.58. The smallest absolute Gasteiger partial charge is 0.209 e. The van der Waals surface area contributed by atoms with Crippen LogP contribution in [-0.2, 0) is 4.74 Å². The van der Waals surface area contributed by atoms with Crippen molar-refractivity contribution in [2.24, 2.45) is 0 Å². The van der Waals surface area contributed by atoms with Crippen LogP contribution in [-0.4, -0.2) is 60.5 Å². The van der Waals surface area contributed by atoms with Gasteiger partial charge in [-0.05, 0) is 15.9 Å². The van der Waals surface area contributed by atoms with Gasteiger partial charge in [-0.15, -0.1) is 10.2 Å². The van der Waals surface area contributed by atoms with Gasteiger partial charge in [-0.1, -0.05) is 11.3 Å². The third-order valence-electron chi connectivity index (χ3n) is 3.10. The van der Waals surface area contributed by atoms with Crippen molar-refractivity contribution >= 4 is 32.4 Å². The van der Waals surface area contributed by atoms with Crippen molar-refractivity contribution in [3.8, 4) is 0 Å². The molecule has 1 atom stereocenters. The summed E-state index contributed by atoms with van der Waals surface area (Å²) in [4.78, 5) is 4.81. The van der Waals surface area contributed by atoms with Crippen LogP contribution in [0.4, 0.5) is 5.13 Å². The van der Waals surface area contributed by atoms with Gasteiger partial charge in [0.2, 0.25) is 5.13 Å². The van der Waals surface area contributed by atoms with E-state index in [1.165, 1.54) is 0 Å². The Balaban J connectivity index is 1.70. The van der Waals surface area contributed by atoms with Gasteiger partial charge in [-0.2, -0.15) is 0 Å². The summed E-state index contributed by atoms with van der Waals surface area (Å²) in [6.07, 6.45) is 0. The maximum atomic E-state index is 5.52. The van der Waals surface area contributed by atoms with E-state index in [1.807, 2.05) is 0 Å². The van der Waals surface area contributed by atoms with Crippen molar-refractivity contribution in [2.75, 3.05) is 44.3 Å². The van der Waals surface area contributed by atoms with Crippen LogP contribution < -0.4 is 4.90 Å². The maximum Gasteiger partial charge on any atom is 0.209 e. The highest BCUT2D eigenvalue weighted by Gasteiger charge is 2.30. The number of morpholine rings is 1. The zero-order valence-electron chi connectivity index (χ0n) is 8.80. The number of anilines is 1. The third kappa shape index (κ3) is 2.09. The molecule has 16 heavy (non-hydrogen) atoms. The van der Waals surface area contributed by atoms with Crippen molar-refractivity contribution in [1.82, 2.24) is 15.1 Å². The van der Waals surface area contributed by atoms with E-state index in [1.54, 1.807) is 11.3 Å². The lowest BCUT2D eigenvalue weighted by molar-refractivity contribution is -0.0117. The van der Waals surface area contributed by atoms with E-state index in [9.17, 15) is 0 Å². The number of fused-ring (bicyclic) bond motifs is 1. The molecule has 3 rings (SSSR count). The Labute approximate surface area is 107 Å². The van der Waals surface area contributed by atoms with E-state index in [2.05, 4.69) is 35.9 Å². The van der Waals surface area contributed by atoms with Gasteiger partial charge < -0.3 is 9.64 Å². The summed E-state index contributed by atoms with van der Waals surface area (Å²) in [6.45, 7) is 5.93. The molecule has 88 valence electrons. The minimum absolute atomic E-state index is 0.519. The fourth-order valence-corrected chi connectivity index (χ4v) is 3.37. The summed E-state index contributed by atoms with van der Waals surface area (Å²) in [7, 11) is 0.